The number of halogens is 2. The van der Waals surface area contributed by atoms with Gasteiger partial charge in [0.15, 0.2) is 0 Å². The number of benzene rings is 2. The molecule has 0 aliphatic carbocycles. The Labute approximate surface area is 191 Å². The van der Waals surface area contributed by atoms with E-state index in [0.29, 0.717) is 49.0 Å². The Morgan fingerprint density at radius 1 is 1.12 bits per heavy atom. The van der Waals surface area contributed by atoms with Crippen molar-refractivity contribution in [3.8, 4) is 0 Å². The second-order valence-electron chi connectivity index (χ2n) is 7.58. The van der Waals surface area contributed by atoms with E-state index in [1.807, 2.05) is 4.90 Å². The Balaban J connectivity index is 1.75. The van der Waals surface area contributed by atoms with Crippen LogP contribution in [0, 0.1) is 5.82 Å². The highest BCUT2D eigenvalue weighted by Gasteiger charge is 2.26. The fourth-order valence-corrected chi connectivity index (χ4v) is 4.28. The number of rotatable bonds is 6. The van der Waals surface area contributed by atoms with Crippen LogP contribution in [0.25, 0.3) is 0 Å². The summed E-state index contributed by atoms with van der Waals surface area (Å²) in [5, 5.41) is 2.95. The maximum absolute atomic E-state index is 14.1. The lowest BCUT2D eigenvalue weighted by atomic mass is 10.1. The molecule has 1 saturated heterocycles. The predicted molar refractivity (Wildman–Crippen MR) is 122 cm³/mol. The summed E-state index contributed by atoms with van der Waals surface area (Å²) in [6.07, 6.45) is 0.996. The van der Waals surface area contributed by atoms with Gasteiger partial charge in [-0.1, -0.05) is 17.7 Å². The zero-order chi connectivity index (χ0) is 23.5. The summed E-state index contributed by atoms with van der Waals surface area (Å²) < 4.78 is 39.9. The molecule has 1 aliphatic heterocycles. The summed E-state index contributed by atoms with van der Waals surface area (Å²) in [6.45, 7) is 3.39. The molecule has 0 atom stereocenters. The SMILES string of the molecule is CC(=O)Nc1ccc(NS(C)(=O)=O)c(C(=O)N2CCN(Cc3c(F)cccc3Cl)CC2)c1. The number of piperazine rings is 1. The normalized spacial score (nSPS) is 14.8. The molecule has 2 aromatic rings. The van der Waals surface area contributed by atoms with Gasteiger partial charge < -0.3 is 10.2 Å². The van der Waals surface area contributed by atoms with Crippen molar-refractivity contribution in [2.75, 3.05) is 42.5 Å². The first-order valence-electron chi connectivity index (χ1n) is 9.87. The third-order valence-electron chi connectivity index (χ3n) is 4.97. The van der Waals surface area contributed by atoms with E-state index in [9.17, 15) is 22.4 Å². The van der Waals surface area contributed by atoms with Crippen LogP contribution in [-0.4, -0.2) is 62.5 Å². The first kappa shape index (κ1) is 24.0. The quantitative estimate of drug-likeness (QED) is 0.659. The predicted octanol–water partition coefficient (Wildman–Crippen LogP) is 2.77. The van der Waals surface area contributed by atoms with Crippen LogP contribution in [0.1, 0.15) is 22.8 Å². The minimum absolute atomic E-state index is 0.132. The van der Waals surface area contributed by atoms with E-state index < -0.39 is 10.0 Å². The van der Waals surface area contributed by atoms with Crippen molar-refractivity contribution in [3.63, 3.8) is 0 Å². The number of carbonyl (C=O) groups is 2. The fraction of sp³-hybridized carbons (Fsp3) is 0.333. The van der Waals surface area contributed by atoms with E-state index in [1.54, 1.807) is 17.0 Å². The van der Waals surface area contributed by atoms with E-state index in [2.05, 4.69) is 10.0 Å². The van der Waals surface area contributed by atoms with Crippen LogP contribution >= 0.6 is 11.6 Å². The van der Waals surface area contributed by atoms with Gasteiger partial charge in [0.2, 0.25) is 15.9 Å². The Kier molecular flexibility index (Phi) is 7.37. The monoisotopic (exact) mass is 482 g/mol. The lowest BCUT2D eigenvalue weighted by Gasteiger charge is -2.35. The summed E-state index contributed by atoms with van der Waals surface area (Å²) in [5.74, 6) is -1.05. The minimum atomic E-state index is -3.62. The van der Waals surface area contributed by atoms with E-state index in [0.717, 1.165) is 6.26 Å². The van der Waals surface area contributed by atoms with Crippen molar-refractivity contribution >= 4 is 44.8 Å². The van der Waals surface area contributed by atoms with Crippen molar-refractivity contribution in [2.24, 2.45) is 0 Å². The fourth-order valence-electron chi connectivity index (χ4n) is 3.48. The largest absolute Gasteiger partial charge is 0.336 e. The van der Waals surface area contributed by atoms with Gasteiger partial charge in [-0.05, 0) is 30.3 Å². The molecule has 11 heteroatoms. The minimum Gasteiger partial charge on any atom is -0.336 e. The van der Waals surface area contributed by atoms with Crippen molar-refractivity contribution < 1.29 is 22.4 Å². The molecule has 2 aromatic carbocycles. The molecule has 172 valence electrons. The van der Waals surface area contributed by atoms with Gasteiger partial charge in [0.05, 0.1) is 17.5 Å². The lowest BCUT2D eigenvalue weighted by Crippen LogP contribution is -2.48. The molecule has 0 spiro atoms. The van der Waals surface area contributed by atoms with Gasteiger partial charge in [-0.2, -0.15) is 0 Å². The summed E-state index contributed by atoms with van der Waals surface area (Å²) >= 11 is 6.11. The van der Waals surface area contributed by atoms with Gasteiger partial charge in [0, 0.05) is 55.9 Å². The van der Waals surface area contributed by atoms with E-state index in [1.165, 1.54) is 31.2 Å². The molecule has 0 bridgehead atoms. The molecule has 1 fully saturated rings. The van der Waals surface area contributed by atoms with Gasteiger partial charge in [0.25, 0.3) is 5.91 Å². The lowest BCUT2D eigenvalue weighted by molar-refractivity contribution is -0.114. The van der Waals surface area contributed by atoms with Gasteiger partial charge >= 0.3 is 0 Å². The molecule has 32 heavy (non-hydrogen) atoms. The van der Waals surface area contributed by atoms with Gasteiger partial charge in [-0.25, -0.2) is 12.8 Å². The first-order chi connectivity index (χ1) is 15.0. The van der Waals surface area contributed by atoms with Crippen LogP contribution in [0.15, 0.2) is 36.4 Å². The van der Waals surface area contributed by atoms with Crippen LogP contribution < -0.4 is 10.0 Å². The molecule has 1 heterocycles. The highest BCUT2D eigenvalue weighted by atomic mass is 35.5. The molecule has 8 nitrogen and oxygen atoms in total. The van der Waals surface area contributed by atoms with Crippen LogP contribution in [-0.2, 0) is 21.4 Å². The second-order valence-corrected chi connectivity index (χ2v) is 9.74. The smallest absolute Gasteiger partial charge is 0.256 e. The van der Waals surface area contributed by atoms with Gasteiger partial charge in [-0.3, -0.25) is 19.2 Å². The molecule has 0 unspecified atom stereocenters. The Bertz CT molecular complexity index is 1110. The number of hydrogen-bond donors (Lipinski definition) is 2. The topological polar surface area (TPSA) is 98.8 Å². The summed E-state index contributed by atoms with van der Waals surface area (Å²) in [4.78, 5) is 28.2. The van der Waals surface area contributed by atoms with Crippen molar-refractivity contribution in [1.82, 2.24) is 9.80 Å². The Morgan fingerprint density at radius 2 is 1.81 bits per heavy atom. The zero-order valence-electron chi connectivity index (χ0n) is 17.7. The van der Waals surface area contributed by atoms with Crippen molar-refractivity contribution in [1.29, 1.82) is 0 Å². The Hall–Kier alpha value is -2.69. The summed E-state index contributed by atoms with van der Waals surface area (Å²) in [5.41, 5.74) is 1.06. The maximum Gasteiger partial charge on any atom is 0.256 e. The molecule has 0 saturated carbocycles. The molecule has 0 radical (unpaired) electrons. The van der Waals surface area contributed by atoms with Crippen LogP contribution in [0.3, 0.4) is 0 Å². The van der Waals surface area contributed by atoms with Gasteiger partial charge in [-0.15, -0.1) is 0 Å². The number of nitrogens with one attached hydrogen (secondary N) is 2. The highest BCUT2D eigenvalue weighted by molar-refractivity contribution is 7.92. The van der Waals surface area contributed by atoms with Crippen molar-refractivity contribution in [3.05, 3.63) is 58.4 Å². The maximum atomic E-state index is 14.1. The summed E-state index contributed by atoms with van der Waals surface area (Å²) in [7, 11) is -3.62. The van der Waals surface area contributed by atoms with Crippen LogP contribution in [0.5, 0.6) is 0 Å². The third kappa shape index (κ3) is 6.18. The average Bonchev–Trinajstić information content (AvgIpc) is 2.70. The zero-order valence-corrected chi connectivity index (χ0v) is 19.3. The molecule has 1 aliphatic rings. The van der Waals surface area contributed by atoms with Crippen molar-refractivity contribution in [2.45, 2.75) is 13.5 Å². The van der Waals surface area contributed by atoms with Gasteiger partial charge in [0.1, 0.15) is 5.82 Å². The highest BCUT2D eigenvalue weighted by Crippen LogP contribution is 2.25. The molecular formula is C21H24ClFN4O4S. The second kappa shape index (κ2) is 9.85. The van der Waals surface area contributed by atoms with Crippen LogP contribution in [0.4, 0.5) is 15.8 Å². The van der Waals surface area contributed by atoms with E-state index in [-0.39, 0.29) is 28.9 Å². The molecule has 2 N–H and O–H groups in total. The van der Waals surface area contributed by atoms with Crippen LogP contribution in [0.2, 0.25) is 5.02 Å². The molecular weight excluding hydrogens is 459 g/mol. The molecule has 3 rings (SSSR count). The first-order valence-corrected chi connectivity index (χ1v) is 12.1. The van der Waals surface area contributed by atoms with E-state index >= 15 is 0 Å². The van der Waals surface area contributed by atoms with E-state index in [4.69, 9.17) is 11.6 Å². The number of hydrogen-bond acceptors (Lipinski definition) is 5. The molecule has 2 amide bonds. The number of anilines is 2. The number of nitrogens with zero attached hydrogens (tertiary/aromatic N) is 2. The molecule has 0 aromatic heterocycles. The summed E-state index contributed by atoms with van der Waals surface area (Å²) in [6, 6.07) is 8.95. The average molecular weight is 483 g/mol. The number of carbonyl (C=O) groups excluding carboxylic acids is 2. The number of sulfonamides is 1. The standard InChI is InChI=1S/C21H24ClFN4O4S/c1-14(28)24-15-6-7-20(25-32(2,30)31)16(12-15)21(29)27-10-8-26(9-11-27)13-17-18(22)4-3-5-19(17)23/h3-7,12,25H,8-11,13H2,1-2H3,(H,24,28). The Morgan fingerprint density at radius 3 is 2.41 bits per heavy atom. The third-order valence-corrected chi connectivity index (χ3v) is 5.91. The number of amides is 2.